The zero-order valence-corrected chi connectivity index (χ0v) is 22.1. The van der Waals surface area contributed by atoms with Crippen molar-refractivity contribution in [3.63, 3.8) is 0 Å². The number of fused-ring (bicyclic) bond motifs is 1. The first kappa shape index (κ1) is 25.0. The molecule has 2 aromatic heterocycles. The minimum Gasteiger partial charge on any atom is -0.382 e. The zero-order chi connectivity index (χ0) is 26.7. The maximum Gasteiger partial charge on any atom is 0.242 e. The summed E-state index contributed by atoms with van der Waals surface area (Å²) in [5, 5.41) is 3.07. The van der Waals surface area contributed by atoms with E-state index in [-0.39, 0.29) is 23.2 Å². The Hall–Kier alpha value is -3.31. The summed E-state index contributed by atoms with van der Waals surface area (Å²) in [5.74, 6) is -0.0305. The van der Waals surface area contributed by atoms with E-state index in [9.17, 15) is 4.79 Å². The lowest BCUT2D eigenvalue weighted by Crippen LogP contribution is -2.56. The maximum absolute atomic E-state index is 15.6. The van der Waals surface area contributed by atoms with Gasteiger partial charge in [0.15, 0.2) is 11.5 Å². The summed E-state index contributed by atoms with van der Waals surface area (Å²) < 4.78 is 17.5. The normalized spacial score (nSPS) is 23.4. The predicted octanol–water partition coefficient (Wildman–Crippen LogP) is 2.01. The molecule has 1 saturated carbocycles. The minimum atomic E-state index is -0.975. The van der Waals surface area contributed by atoms with Crippen LogP contribution in [0.3, 0.4) is 0 Å². The molecule has 2 saturated heterocycles. The number of nitrogens with two attached hydrogens (primary N) is 2. The summed E-state index contributed by atoms with van der Waals surface area (Å²) in [5.41, 5.74) is 15.4. The van der Waals surface area contributed by atoms with Gasteiger partial charge < -0.3 is 26.3 Å². The molecular formula is C27H36FN9O. The molecule has 3 aliphatic rings. The number of hydrogen-bond donors (Lipinski definition) is 3. The second-order valence-corrected chi connectivity index (χ2v) is 12.0. The smallest absolute Gasteiger partial charge is 0.242 e. The van der Waals surface area contributed by atoms with Gasteiger partial charge in [-0.15, -0.1) is 0 Å². The number of imidazole rings is 1. The van der Waals surface area contributed by atoms with Gasteiger partial charge in [-0.25, -0.2) is 19.3 Å². The van der Waals surface area contributed by atoms with Crippen LogP contribution >= 0.6 is 0 Å². The summed E-state index contributed by atoms with van der Waals surface area (Å²) in [6.45, 7) is 8.18. The SMILES string of the molecule is CC1(C)CCN(Cc2c(F)ccc(N3CC[C@](N)(C(=O)NC4CC4)C3)c2Cn2cnc3c(N)ncnc32)C1. The largest absolute Gasteiger partial charge is 0.382 e. The Balaban J connectivity index is 1.37. The predicted molar refractivity (Wildman–Crippen MR) is 144 cm³/mol. The molecule has 1 aromatic carbocycles. The second-order valence-electron chi connectivity index (χ2n) is 12.0. The third-order valence-corrected chi connectivity index (χ3v) is 8.25. The van der Waals surface area contributed by atoms with Crippen LogP contribution in [0.25, 0.3) is 11.2 Å². The Morgan fingerprint density at radius 3 is 2.66 bits per heavy atom. The monoisotopic (exact) mass is 521 g/mol. The number of likely N-dealkylation sites (tertiary alicyclic amines) is 1. The van der Waals surface area contributed by atoms with Crippen molar-refractivity contribution >= 4 is 28.6 Å². The van der Waals surface area contributed by atoms with Gasteiger partial charge in [-0.05, 0) is 49.8 Å². The highest BCUT2D eigenvalue weighted by Crippen LogP contribution is 2.36. The Bertz CT molecular complexity index is 1380. The van der Waals surface area contributed by atoms with E-state index in [1.807, 2.05) is 10.6 Å². The highest BCUT2D eigenvalue weighted by molar-refractivity contribution is 5.88. The van der Waals surface area contributed by atoms with Crippen LogP contribution in [0.5, 0.6) is 0 Å². The van der Waals surface area contributed by atoms with Gasteiger partial charge in [0.05, 0.1) is 12.9 Å². The topological polar surface area (TPSA) is 131 Å². The maximum atomic E-state index is 15.6. The quantitative estimate of drug-likeness (QED) is 0.430. The van der Waals surface area contributed by atoms with Crippen molar-refractivity contribution in [3.05, 3.63) is 41.7 Å². The minimum absolute atomic E-state index is 0.0986. The van der Waals surface area contributed by atoms with Crippen LogP contribution in [0.15, 0.2) is 24.8 Å². The van der Waals surface area contributed by atoms with Crippen molar-refractivity contribution in [2.45, 2.75) is 64.2 Å². The standard InChI is InChI=1S/C27H36FN9O/c1-26(2)7-9-35(13-26)11-18-19(12-37-16-33-22-23(29)31-15-32-24(22)37)21(6-5-20(18)28)36-10-8-27(30,14-36)25(38)34-17-3-4-17/h5-6,15-17H,3-4,7-14,30H2,1-2H3,(H,34,38)(H2,29,31,32)/t27-/m1/s1. The van der Waals surface area contributed by atoms with E-state index in [1.54, 1.807) is 12.4 Å². The Labute approximate surface area is 221 Å². The number of rotatable bonds is 7. The Morgan fingerprint density at radius 1 is 1.11 bits per heavy atom. The average molecular weight is 522 g/mol. The number of nitrogens with zero attached hydrogens (tertiary/aromatic N) is 6. The number of nitrogen functional groups attached to an aromatic ring is 1. The number of halogens is 1. The van der Waals surface area contributed by atoms with E-state index in [4.69, 9.17) is 11.5 Å². The highest BCUT2D eigenvalue weighted by Gasteiger charge is 2.43. The van der Waals surface area contributed by atoms with Crippen LogP contribution in [0.2, 0.25) is 0 Å². The molecule has 4 heterocycles. The number of carbonyl (C=O) groups excluding carboxylic acids is 1. The van der Waals surface area contributed by atoms with Gasteiger partial charge in [0.1, 0.15) is 23.2 Å². The van der Waals surface area contributed by atoms with E-state index >= 15 is 4.39 Å². The molecule has 0 unspecified atom stereocenters. The van der Waals surface area contributed by atoms with E-state index in [0.29, 0.717) is 55.1 Å². The summed E-state index contributed by atoms with van der Waals surface area (Å²) in [4.78, 5) is 30.3. The third kappa shape index (κ3) is 4.69. The van der Waals surface area contributed by atoms with Crippen molar-refractivity contribution in [1.82, 2.24) is 29.7 Å². The van der Waals surface area contributed by atoms with Gasteiger partial charge in [-0.3, -0.25) is 9.69 Å². The molecule has 3 fully saturated rings. The molecule has 10 nitrogen and oxygen atoms in total. The molecule has 202 valence electrons. The van der Waals surface area contributed by atoms with Crippen molar-refractivity contribution in [2.75, 3.05) is 36.8 Å². The Morgan fingerprint density at radius 2 is 1.92 bits per heavy atom. The zero-order valence-electron chi connectivity index (χ0n) is 22.1. The molecule has 2 aliphatic heterocycles. The molecule has 1 aliphatic carbocycles. The first-order valence-corrected chi connectivity index (χ1v) is 13.4. The molecule has 3 aromatic rings. The van der Waals surface area contributed by atoms with E-state index in [1.165, 1.54) is 6.33 Å². The van der Waals surface area contributed by atoms with Crippen molar-refractivity contribution in [2.24, 2.45) is 11.1 Å². The van der Waals surface area contributed by atoms with Gasteiger partial charge >= 0.3 is 0 Å². The van der Waals surface area contributed by atoms with Crippen molar-refractivity contribution in [3.8, 4) is 0 Å². The summed E-state index contributed by atoms with van der Waals surface area (Å²) in [7, 11) is 0. The third-order valence-electron chi connectivity index (χ3n) is 8.25. The van der Waals surface area contributed by atoms with Gasteiger partial charge in [0.2, 0.25) is 5.91 Å². The lowest BCUT2D eigenvalue weighted by molar-refractivity contribution is -0.125. The van der Waals surface area contributed by atoms with E-state index in [0.717, 1.165) is 43.6 Å². The molecule has 0 bridgehead atoms. The first-order valence-electron chi connectivity index (χ1n) is 13.4. The lowest BCUT2D eigenvalue weighted by atomic mass is 9.93. The Kier molecular flexibility index (Phi) is 6.03. The van der Waals surface area contributed by atoms with Crippen LogP contribution in [0.1, 0.15) is 50.7 Å². The van der Waals surface area contributed by atoms with Crippen molar-refractivity contribution in [1.29, 1.82) is 0 Å². The number of anilines is 2. The van der Waals surface area contributed by atoms with Crippen LogP contribution in [-0.2, 0) is 17.9 Å². The molecule has 1 atom stereocenters. The molecule has 0 spiro atoms. The van der Waals surface area contributed by atoms with Crippen LogP contribution in [-0.4, -0.2) is 68.1 Å². The summed E-state index contributed by atoms with van der Waals surface area (Å²) in [6.07, 6.45) is 6.72. The van der Waals surface area contributed by atoms with Crippen LogP contribution < -0.4 is 21.7 Å². The fraction of sp³-hybridized carbons (Fsp3) is 0.556. The fourth-order valence-electron chi connectivity index (χ4n) is 5.84. The van der Waals surface area contributed by atoms with Crippen LogP contribution in [0.4, 0.5) is 15.9 Å². The lowest BCUT2D eigenvalue weighted by Gasteiger charge is -2.28. The van der Waals surface area contributed by atoms with Gasteiger partial charge in [-0.2, -0.15) is 0 Å². The summed E-state index contributed by atoms with van der Waals surface area (Å²) >= 11 is 0. The van der Waals surface area contributed by atoms with Crippen molar-refractivity contribution < 1.29 is 9.18 Å². The first-order chi connectivity index (χ1) is 18.1. The average Bonchev–Trinajstić information content (AvgIpc) is 3.27. The fourth-order valence-corrected chi connectivity index (χ4v) is 5.84. The molecule has 6 rings (SSSR count). The molecule has 38 heavy (non-hydrogen) atoms. The number of nitrogens with one attached hydrogen (secondary N) is 1. The van der Waals surface area contributed by atoms with Gasteiger partial charge in [0.25, 0.3) is 0 Å². The number of benzene rings is 1. The van der Waals surface area contributed by atoms with E-state index in [2.05, 4.69) is 43.9 Å². The van der Waals surface area contributed by atoms with Gasteiger partial charge in [-0.1, -0.05) is 13.8 Å². The second kappa shape index (κ2) is 9.16. The van der Waals surface area contributed by atoms with Crippen LogP contribution in [0, 0.1) is 11.2 Å². The molecule has 11 heteroatoms. The van der Waals surface area contributed by atoms with E-state index < -0.39 is 5.54 Å². The molecule has 0 radical (unpaired) electrons. The summed E-state index contributed by atoms with van der Waals surface area (Å²) in [6, 6.07) is 3.61. The number of amides is 1. The number of carbonyl (C=O) groups is 1. The molecule has 5 N–H and O–H groups in total. The highest BCUT2D eigenvalue weighted by atomic mass is 19.1. The molecule has 1 amide bonds. The van der Waals surface area contributed by atoms with Gasteiger partial charge in [0, 0.05) is 49.0 Å². The number of hydrogen-bond acceptors (Lipinski definition) is 8. The molecular weight excluding hydrogens is 485 g/mol. The number of aromatic nitrogens is 4.